The van der Waals surface area contributed by atoms with E-state index in [9.17, 15) is 4.79 Å². The first-order valence-corrected chi connectivity index (χ1v) is 6.99. The third kappa shape index (κ3) is 3.81. The Kier molecular flexibility index (Phi) is 4.58. The predicted molar refractivity (Wildman–Crippen MR) is 86.5 cm³/mol. The van der Waals surface area contributed by atoms with Gasteiger partial charge in [-0.1, -0.05) is 32.0 Å². The topological polar surface area (TPSA) is 53.4 Å². The molecule has 4 nitrogen and oxygen atoms in total. The second-order valence-corrected chi connectivity index (χ2v) is 5.54. The normalized spacial score (nSPS) is 11.4. The van der Waals surface area contributed by atoms with Crippen LogP contribution in [0.2, 0.25) is 0 Å². The molecule has 0 unspecified atom stereocenters. The first kappa shape index (κ1) is 15.0. The van der Waals surface area contributed by atoms with Crippen LogP contribution in [0.5, 0.6) is 0 Å². The summed E-state index contributed by atoms with van der Waals surface area (Å²) in [5, 5.41) is 9.85. The highest BCUT2D eigenvalue weighted by Crippen LogP contribution is 2.24. The lowest BCUT2D eigenvalue weighted by Gasteiger charge is -2.22. The maximum atomic E-state index is 10.8. The van der Waals surface area contributed by atoms with Crippen molar-refractivity contribution < 1.29 is 9.90 Å². The van der Waals surface area contributed by atoms with Crippen molar-refractivity contribution in [3.8, 4) is 0 Å². The molecule has 0 saturated carbocycles. The molecule has 21 heavy (non-hydrogen) atoms. The first-order chi connectivity index (χ1) is 9.97. The molecule has 0 radical (unpaired) electrons. The summed E-state index contributed by atoms with van der Waals surface area (Å²) < 4.78 is 0. The number of pyridine rings is 1. The van der Waals surface area contributed by atoms with Crippen molar-refractivity contribution in [3.05, 3.63) is 42.0 Å². The second-order valence-electron chi connectivity index (χ2n) is 5.54. The molecule has 2 rings (SSSR count). The molecule has 0 aliphatic rings. The van der Waals surface area contributed by atoms with Crippen LogP contribution in [0.15, 0.2) is 36.4 Å². The van der Waals surface area contributed by atoms with Crippen molar-refractivity contribution in [1.82, 2.24) is 4.98 Å². The summed E-state index contributed by atoms with van der Waals surface area (Å²) in [6.07, 6.45) is 2.76. The zero-order chi connectivity index (χ0) is 15.4. The van der Waals surface area contributed by atoms with E-state index in [0.717, 1.165) is 34.9 Å². The number of hydrogen-bond donors (Lipinski definition) is 1. The number of benzene rings is 1. The molecule has 2 aromatic rings. The second kappa shape index (κ2) is 6.39. The summed E-state index contributed by atoms with van der Waals surface area (Å²) in [7, 11) is 1.98. The van der Waals surface area contributed by atoms with Gasteiger partial charge >= 0.3 is 5.97 Å². The van der Waals surface area contributed by atoms with Gasteiger partial charge < -0.3 is 10.0 Å². The highest BCUT2D eigenvalue weighted by atomic mass is 16.4. The zero-order valence-corrected chi connectivity index (χ0v) is 12.6. The number of anilines is 1. The molecule has 0 aliphatic carbocycles. The summed E-state index contributed by atoms with van der Waals surface area (Å²) in [5.74, 6) is 0.347. The number of aromatic nitrogens is 1. The molecule has 0 bridgehead atoms. The Hall–Kier alpha value is -2.36. The first-order valence-electron chi connectivity index (χ1n) is 6.99. The Balaban J connectivity index is 2.52. The van der Waals surface area contributed by atoms with Crippen molar-refractivity contribution in [2.24, 2.45) is 5.92 Å². The number of para-hydroxylation sites is 1. The van der Waals surface area contributed by atoms with Gasteiger partial charge in [0.1, 0.15) is 5.82 Å². The molecule has 4 heteroatoms. The number of nitrogens with zero attached hydrogens (tertiary/aromatic N) is 2. The number of carboxylic acids is 1. The Morgan fingerprint density at radius 3 is 2.76 bits per heavy atom. The van der Waals surface area contributed by atoms with Crippen molar-refractivity contribution >= 4 is 28.8 Å². The Bertz CT molecular complexity index is 678. The third-order valence-electron chi connectivity index (χ3n) is 3.14. The molecule has 0 amide bonds. The number of fused-ring (bicyclic) bond motifs is 1. The monoisotopic (exact) mass is 284 g/mol. The average Bonchev–Trinajstić information content (AvgIpc) is 2.43. The molecule has 110 valence electrons. The van der Waals surface area contributed by atoms with E-state index in [1.54, 1.807) is 6.08 Å². The molecule has 1 aromatic heterocycles. The summed E-state index contributed by atoms with van der Waals surface area (Å²) in [6.45, 7) is 5.15. The van der Waals surface area contributed by atoms with Crippen LogP contribution < -0.4 is 4.90 Å². The lowest BCUT2D eigenvalue weighted by atomic mass is 10.1. The van der Waals surface area contributed by atoms with Gasteiger partial charge in [0, 0.05) is 30.6 Å². The molecule has 0 aliphatic heterocycles. The van der Waals surface area contributed by atoms with Crippen molar-refractivity contribution in [2.75, 3.05) is 18.5 Å². The Morgan fingerprint density at radius 1 is 1.38 bits per heavy atom. The SMILES string of the molecule is CC(C)CN(C)c1nc2ccccc2cc1/C=C/C(=O)O. The van der Waals surface area contributed by atoms with E-state index in [4.69, 9.17) is 5.11 Å². The van der Waals surface area contributed by atoms with Crippen molar-refractivity contribution in [2.45, 2.75) is 13.8 Å². The van der Waals surface area contributed by atoms with Crippen LogP contribution in [0.3, 0.4) is 0 Å². The summed E-state index contributed by atoms with van der Waals surface area (Å²) in [5.41, 5.74) is 1.73. The molecule has 1 heterocycles. The van der Waals surface area contributed by atoms with Crippen LogP contribution in [-0.2, 0) is 4.79 Å². The van der Waals surface area contributed by atoms with Gasteiger partial charge in [-0.05, 0) is 24.1 Å². The summed E-state index contributed by atoms with van der Waals surface area (Å²) >= 11 is 0. The van der Waals surface area contributed by atoms with E-state index in [1.807, 2.05) is 37.4 Å². The van der Waals surface area contributed by atoms with Gasteiger partial charge in [0.05, 0.1) is 5.52 Å². The van der Waals surface area contributed by atoms with E-state index < -0.39 is 5.97 Å². The van der Waals surface area contributed by atoms with Gasteiger partial charge in [0.15, 0.2) is 0 Å². The minimum absolute atomic E-state index is 0.500. The zero-order valence-electron chi connectivity index (χ0n) is 12.6. The molecule has 1 N–H and O–H groups in total. The lowest BCUT2D eigenvalue weighted by molar-refractivity contribution is -0.131. The van der Waals surface area contributed by atoms with E-state index in [2.05, 4.69) is 23.7 Å². The number of carboxylic acid groups (broad SMARTS) is 1. The Morgan fingerprint density at radius 2 is 2.10 bits per heavy atom. The average molecular weight is 284 g/mol. The number of rotatable bonds is 5. The number of carbonyl (C=O) groups is 1. The highest BCUT2D eigenvalue weighted by molar-refractivity contribution is 5.90. The molecular weight excluding hydrogens is 264 g/mol. The van der Waals surface area contributed by atoms with Crippen LogP contribution in [0.25, 0.3) is 17.0 Å². The van der Waals surface area contributed by atoms with Crippen LogP contribution in [0.1, 0.15) is 19.4 Å². The third-order valence-corrected chi connectivity index (χ3v) is 3.14. The summed E-state index contributed by atoms with van der Waals surface area (Å²) in [4.78, 5) is 17.5. The van der Waals surface area contributed by atoms with Crippen molar-refractivity contribution in [3.63, 3.8) is 0 Å². The molecule has 0 atom stereocenters. The van der Waals surface area contributed by atoms with Gasteiger partial charge in [-0.3, -0.25) is 0 Å². The largest absolute Gasteiger partial charge is 0.478 e. The predicted octanol–water partition coefficient (Wildman–Crippen LogP) is 3.42. The van der Waals surface area contributed by atoms with Crippen LogP contribution in [-0.4, -0.2) is 29.7 Å². The van der Waals surface area contributed by atoms with Gasteiger partial charge in [0.2, 0.25) is 0 Å². The fourth-order valence-corrected chi connectivity index (χ4v) is 2.35. The minimum atomic E-state index is -0.958. The number of aliphatic carboxylic acids is 1. The number of hydrogen-bond acceptors (Lipinski definition) is 3. The van der Waals surface area contributed by atoms with Crippen LogP contribution in [0, 0.1) is 5.92 Å². The summed E-state index contributed by atoms with van der Waals surface area (Å²) in [6, 6.07) is 9.83. The van der Waals surface area contributed by atoms with Crippen molar-refractivity contribution in [1.29, 1.82) is 0 Å². The van der Waals surface area contributed by atoms with Gasteiger partial charge in [-0.2, -0.15) is 0 Å². The Labute approximate surface area is 124 Å². The molecule has 0 saturated heterocycles. The quantitative estimate of drug-likeness (QED) is 0.855. The molecular formula is C17H20N2O2. The maximum Gasteiger partial charge on any atom is 0.328 e. The fourth-order valence-electron chi connectivity index (χ4n) is 2.35. The highest BCUT2D eigenvalue weighted by Gasteiger charge is 2.11. The maximum absolute atomic E-state index is 10.8. The molecule has 1 aromatic carbocycles. The van der Waals surface area contributed by atoms with Crippen LogP contribution in [0.4, 0.5) is 5.82 Å². The molecule has 0 spiro atoms. The molecule has 0 fully saturated rings. The smallest absolute Gasteiger partial charge is 0.328 e. The van der Waals surface area contributed by atoms with E-state index in [1.165, 1.54) is 0 Å². The van der Waals surface area contributed by atoms with E-state index in [-0.39, 0.29) is 0 Å². The minimum Gasteiger partial charge on any atom is -0.478 e. The van der Waals surface area contributed by atoms with E-state index in [0.29, 0.717) is 5.92 Å². The van der Waals surface area contributed by atoms with Crippen LogP contribution >= 0.6 is 0 Å². The lowest BCUT2D eigenvalue weighted by Crippen LogP contribution is -2.24. The standard InChI is InChI=1S/C17H20N2O2/c1-12(2)11-19(3)17-14(8-9-16(20)21)10-13-6-4-5-7-15(13)18-17/h4-10,12H,11H2,1-3H3,(H,20,21)/b9-8+. The fraction of sp³-hybridized carbons (Fsp3) is 0.294. The van der Waals surface area contributed by atoms with Gasteiger partial charge in [-0.25, -0.2) is 9.78 Å². The van der Waals surface area contributed by atoms with E-state index >= 15 is 0 Å². The van der Waals surface area contributed by atoms with Gasteiger partial charge in [-0.15, -0.1) is 0 Å². The van der Waals surface area contributed by atoms with Gasteiger partial charge in [0.25, 0.3) is 0 Å².